The Morgan fingerprint density at radius 2 is 1.81 bits per heavy atom. The van der Waals surface area contributed by atoms with Gasteiger partial charge in [0.2, 0.25) is 0 Å². The van der Waals surface area contributed by atoms with Crippen LogP contribution in [0.5, 0.6) is 0 Å². The third kappa shape index (κ3) is 4.29. The predicted octanol–water partition coefficient (Wildman–Crippen LogP) is 4.18. The summed E-state index contributed by atoms with van der Waals surface area (Å²) in [6, 6.07) is 16.8. The van der Waals surface area contributed by atoms with E-state index in [0.29, 0.717) is 39.7 Å². The number of carbonyl (C=O) groups is 1. The van der Waals surface area contributed by atoms with Crippen LogP contribution in [0.15, 0.2) is 59.4 Å². The Morgan fingerprint density at radius 3 is 2.53 bits per heavy atom. The Hall–Kier alpha value is -3.45. The summed E-state index contributed by atoms with van der Waals surface area (Å²) in [4.78, 5) is 34.9. The van der Waals surface area contributed by atoms with E-state index in [4.69, 9.17) is 11.6 Å². The number of rotatable bonds is 6. The average molecular weight is 450 g/mol. The minimum absolute atomic E-state index is 0.146. The Morgan fingerprint density at radius 1 is 1.12 bits per heavy atom. The zero-order valence-corrected chi connectivity index (χ0v) is 18.9. The van der Waals surface area contributed by atoms with Crippen LogP contribution in [-0.2, 0) is 13.1 Å². The van der Waals surface area contributed by atoms with E-state index < -0.39 is 0 Å². The van der Waals surface area contributed by atoms with Gasteiger partial charge in [0.1, 0.15) is 11.0 Å². The molecule has 0 aliphatic rings. The van der Waals surface area contributed by atoms with Crippen LogP contribution in [0, 0.1) is 6.92 Å². The lowest BCUT2D eigenvalue weighted by molar-refractivity contribution is 0.0684. The highest BCUT2D eigenvalue weighted by molar-refractivity contribution is 6.33. The minimum Gasteiger partial charge on any atom is -0.329 e. The number of benzene rings is 2. The summed E-state index contributed by atoms with van der Waals surface area (Å²) in [5.41, 5.74) is 2.31. The standard InChI is InChI=1S/C24H24ClN5O2/c1-15(2)29(14-20-26-19-12-8-7-11-18(19)23(31)27-20)24(32)21-16(3)28-30(22(21)25)13-17-9-5-4-6-10-17/h4-12,15H,13-14H2,1-3H3,(H,26,27,31). The lowest BCUT2D eigenvalue weighted by Gasteiger charge is -2.26. The monoisotopic (exact) mass is 449 g/mol. The highest BCUT2D eigenvalue weighted by atomic mass is 35.5. The number of amides is 1. The van der Waals surface area contributed by atoms with Gasteiger partial charge in [0.25, 0.3) is 11.5 Å². The zero-order chi connectivity index (χ0) is 22.8. The van der Waals surface area contributed by atoms with Crippen LogP contribution >= 0.6 is 11.6 Å². The van der Waals surface area contributed by atoms with E-state index >= 15 is 0 Å². The van der Waals surface area contributed by atoms with Crippen LogP contribution in [0.3, 0.4) is 0 Å². The Kier molecular flexibility index (Phi) is 6.10. The third-order valence-corrected chi connectivity index (χ3v) is 5.70. The van der Waals surface area contributed by atoms with Gasteiger partial charge in [-0.1, -0.05) is 54.1 Å². The molecule has 0 atom stereocenters. The number of para-hydroxylation sites is 1. The van der Waals surface area contributed by atoms with Crippen molar-refractivity contribution in [2.45, 2.75) is 39.9 Å². The molecule has 8 heteroatoms. The van der Waals surface area contributed by atoms with Gasteiger partial charge in [-0.25, -0.2) is 9.67 Å². The molecule has 0 bridgehead atoms. The molecule has 1 N–H and O–H groups in total. The lowest BCUT2D eigenvalue weighted by atomic mass is 10.2. The molecule has 2 aromatic carbocycles. The summed E-state index contributed by atoms with van der Waals surface area (Å²) < 4.78 is 1.63. The Bertz CT molecular complexity index is 1330. The van der Waals surface area contributed by atoms with Crippen LogP contribution in [0.25, 0.3) is 10.9 Å². The van der Waals surface area contributed by atoms with E-state index in [2.05, 4.69) is 15.1 Å². The van der Waals surface area contributed by atoms with Crippen LogP contribution in [0.4, 0.5) is 0 Å². The van der Waals surface area contributed by atoms with E-state index in [9.17, 15) is 9.59 Å². The van der Waals surface area contributed by atoms with Crippen LogP contribution in [-0.4, -0.2) is 36.6 Å². The maximum absolute atomic E-state index is 13.5. The summed E-state index contributed by atoms with van der Waals surface area (Å²) in [6.07, 6.45) is 0. The van der Waals surface area contributed by atoms with Crippen molar-refractivity contribution >= 4 is 28.4 Å². The van der Waals surface area contributed by atoms with Gasteiger partial charge in [-0.15, -0.1) is 0 Å². The molecule has 7 nitrogen and oxygen atoms in total. The van der Waals surface area contributed by atoms with Crippen molar-refractivity contribution in [3.05, 3.63) is 92.7 Å². The molecule has 0 fully saturated rings. The number of carbonyl (C=O) groups excluding carboxylic acids is 1. The quantitative estimate of drug-likeness (QED) is 0.478. The van der Waals surface area contributed by atoms with Crippen molar-refractivity contribution in [1.29, 1.82) is 0 Å². The normalized spacial score (nSPS) is 11.3. The number of halogens is 1. The number of nitrogens with zero attached hydrogens (tertiary/aromatic N) is 4. The number of nitrogens with one attached hydrogen (secondary N) is 1. The van der Waals surface area contributed by atoms with E-state index in [1.54, 1.807) is 34.7 Å². The summed E-state index contributed by atoms with van der Waals surface area (Å²) in [6.45, 7) is 6.21. The molecule has 1 amide bonds. The maximum atomic E-state index is 13.5. The van der Waals surface area contributed by atoms with Crippen molar-refractivity contribution in [1.82, 2.24) is 24.6 Å². The summed E-state index contributed by atoms with van der Waals surface area (Å²) in [5, 5.41) is 5.30. The predicted molar refractivity (Wildman–Crippen MR) is 125 cm³/mol. The molecule has 164 valence electrons. The van der Waals surface area contributed by atoms with Crippen molar-refractivity contribution < 1.29 is 4.79 Å². The van der Waals surface area contributed by atoms with E-state index in [1.807, 2.05) is 50.2 Å². The fraction of sp³-hybridized carbons (Fsp3) is 0.250. The lowest BCUT2D eigenvalue weighted by Crippen LogP contribution is -2.37. The van der Waals surface area contributed by atoms with E-state index in [1.165, 1.54) is 0 Å². The van der Waals surface area contributed by atoms with Gasteiger partial charge in [0, 0.05) is 6.04 Å². The second-order valence-corrected chi connectivity index (χ2v) is 8.31. The average Bonchev–Trinajstić information content (AvgIpc) is 3.05. The first kappa shape index (κ1) is 21.8. The summed E-state index contributed by atoms with van der Waals surface area (Å²) >= 11 is 6.61. The van der Waals surface area contributed by atoms with Crippen molar-refractivity contribution in [2.24, 2.45) is 0 Å². The van der Waals surface area contributed by atoms with E-state index in [0.717, 1.165) is 5.56 Å². The highest BCUT2D eigenvalue weighted by Crippen LogP contribution is 2.24. The fourth-order valence-corrected chi connectivity index (χ4v) is 3.98. The minimum atomic E-state index is -0.252. The molecule has 2 aromatic heterocycles. The number of fused-ring (bicyclic) bond motifs is 1. The van der Waals surface area contributed by atoms with Gasteiger partial charge in [0.15, 0.2) is 0 Å². The van der Waals surface area contributed by atoms with Gasteiger partial charge < -0.3 is 9.88 Å². The van der Waals surface area contributed by atoms with Gasteiger partial charge in [0.05, 0.1) is 35.2 Å². The molecule has 32 heavy (non-hydrogen) atoms. The Labute approximate surface area is 190 Å². The van der Waals surface area contributed by atoms with Gasteiger partial charge >= 0.3 is 0 Å². The second kappa shape index (κ2) is 8.96. The van der Waals surface area contributed by atoms with Crippen molar-refractivity contribution in [2.75, 3.05) is 0 Å². The number of aromatic amines is 1. The molecule has 4 aromatic rings. The smallest absolute Gasteiger partial charge is 0.259 e. The molecule has 0 unspecified atom stereocenters. The summed E-state index contributed by atoms with van der Waals surface area (Å²) in [7, 11) is 0. The largest absolute Gasteiger partial charge is 0.329 e. The number of hydrogen-bond donors (Lipinski definition) is 1. The topological polar surface area (TPSA) is 83.9 Å². The molecule has 0 spiro atoms. The molecular weight excluding hydrogens is 426 g/mol. The van der Waals surface area contributed by atoms with Gasteiger partial charge in [-0.2, -0.15) is 5.10 Å². The molecule has 0 radical (unpaired) electrons. The van der Waals surface area contributed by atoms with Crippen LogP contribution in [0.1, 0.15) is 41.3 Å². The first-order chi connectivity index (χ1) is 15.3. The first-order valence-electron chi connectivity index (χ1n) is 10.4. The molecule has 4 rings (SSSR count). The highest BCUT2D eigenvalue weighted by Gasteiger charge is 2.27. The zero-order valence-electron chi connectivity index (χ0n) is 18.2. The third-order valence-electron chi connectivity index (χ3n) is 5.32. The molecule has 0 saturated heterocycles. The van der Waals surface area contributed by atoms with Crippen LogP contribution < -0.4 is 5.56 Å². The van der Waals surface area contributed by atoms with Crippen molar-refractivity contribution in [3.63, 3.8) is 0 Å². The van der Waals surface area contributed by atoms with Gasteiger partial charge in [-0.3, -0.25) is 9.59 Å². The maximum Gasteiger partial charge on any atom is 0.259 e. The number of aryl methyl sites for hydroxylation is 1. The number of hydrogen-bond acceptors (Lipinski definition) is 4. The molecule has 0 saturated carbocycles. The summed E-state index contributed by atoms with van der Waals surface area (Å²) in [5.74, 6) is 0.166. The molecular formula is C24H24ClN5O2. The molecule has 2 heterocycles. The number of H-pyrrole nitrogens is 1. The van der Waals surface area contributed by atoms with E-state index in [-0.39, 0.29) is 24.1 Å². The number of aromatic nitrogens is 4. The fourth-order valence-electron chi connectivity index (χ4n) is 3.66. The van der Waals surface area contributed by atoms with Crippen molar-refractivity contribution in [3.8, 4) is 0 Å². The SMILES string of the molecule is Cc1nn(Cc2ccccc2)c(Cl)c1C(=O)N(Cc1nc2ccccc2c(=O)[nH]1)C(C)C. The van der Waals surface area contributed by atoms with Gasteiger partial charge in [-0.05, 0) is 38.5 Å². The van der Waals surface area contributed by atoms with Crippen LogP contribution in [0.2, 0.25) is 5.15 Å². The molecule has 0 aliphatic carbocycles. The molecule has 0 aliphatic heterocycles. The first-order valence-corrected chi connectivity index (χ1v) is 10.8. The second-order valence-electron chi connectivity index (χ2n) is 7.95. The Balaban J connectivity index is 1.65.